The molecule has 3 nitrogen and oxygen atoms in total. The first-order chi connectivity index (χ1) is 10.1. The van der Waals surface area contributed by atoms with Crippen LogP contribution in [-0.2, 0) is 6.42 Å². The monoisotopic (exact) mass is 342 g/mol. The van der Waals surface area contributed by atoms with Crippen LogP contribution < -0.4 is 10.6 Å². The fraction of sp³-hybridized carbons (Fsp3) is 0.133. The summed E-state index contributed by atoms with van der Waals surface area (Å²) in [4.78, 5) is 11.8. The van der Waals surface area contributed by atoms with Crippen LogP contribution in [0.15, 0.2) is 42.5 Å². The second-order valence-corrected chi connectivity index (χ2v) is 5.58. The molecule has 0 bridgehead atoms. The summed E-state index contributed by atoms with van der Waals surface area (Å²) < 4.78 is 0. The summed E-state index contributed by atoms with van der Waals surface area (Å²) in [7, 11) is 0. The molecule has 2 N–H and O–H groups in total. The van der Waals surface area contributed by atoms with Gasteiger partial charge in [0, 0.05) is 6.54 Å². The maximum atomic E-state index is 11.8. The van der Waals surface area contributed by atoms with Gasteiger partial charge in [-0.3, -0.25) is 0 Å². The molecule has 0 saturated heterocycles. The Morgan fingerprint density at radius 2 is 1.62 bits per heavy atom. The Morgan fingerprint density at radius 1 is 0.952 bits per heavy atom. The van der Waals surface area contributed by atoms with Gasteiger partial charge in [-0.2, -0.15) is 0 Å². The van der Waals surface area contributed by atoms with Crippen LogP contribution in [0.1, 0.15) is 5.56 Å². The van der Waals surface area contributed by atoms with E-state index in [1.165, 1.54) is 12.1 Å². The molecule has 2 amide bonds. The van der Waals surface area contributed by atoms with Crippen LogP contribution in [0.2, 0.25) is 15.1 Å². The van der Waals surface area contributed by atoms with Crippen molar-refractivity contribution in [3.8, 4) is 0 Å². The molecule has 6 heteroatoms. The van der Waals surface area contributed by atoms with Gasteiger partial charge in [0.2, 0.25) is 0 Å². The highest BCUT2D eigenvalue weighted by Gasteiger charge is 2.08. The molecule has 21 heavy (non-hydrogen) atoms. The van der Waals surface area contributed by atoms with E-state index in [0.717, 1.165) is 12.0 Å². The predicted molar refractivity (Wildman–Crippen MR) is 88.6 cm³/mol. The number of anilines is 1. The molecule has 0 saturated carbocycles. The van der Waals surface area contributed by atoms with Crippen molar-refractivity contribution in [1.29, 1.82) is 0 Å². The predicted octanol–water partition coefficient (Wildman–Crippen LogP) is 5.01. The quantitative estimate of drug-likeness (QED) is 0.753. The van der Waals surface area contributed by atoms with E-state index in [-0.39, 0.29) is 6.03 Å². The molecule has 0 unspecified atom stereocenters. The van der Waals surface area contributed by atoms with E-state index in [2.05, 4.69) is 10.6 Å². The Hall–Kier alpha value is -1.42. The zero-order valence-electron chi connectivity index (χ0n) is 11.0. The molecule has 2 aromatic carbocycles. The Balaban J connectivity index is 1.86. The van der Waals surface area contributed by atoms with E-state index in [1.54, 1.807) is 0 Å². The third-order valence-electron chi connectivity index (χ3n) is 2.80. The maximum absolute atomic E-state index is 11.8. The fourth-order valence-corrected chi connectivity index (χ4v) is 2.34. The minimum atomic E-state index is -0.341. The second-order valence-electron chi connectivity index (χ2n) is 4.36. The lowest BCUT2D eigenvalue weighted by atomic mass is 10.1. The minimum Gasteiger partial charge on any atom is -0.338 e. The standard InChI is InChI=1S/C15H13Cl3N2O/c16-11-8-13(18)14(9-12(11)17)20-15(21)19-7-6-10-4-2-1-3-5-10/h1-5,8-9H,6-7H2,(H2,19,20,21). The second kappa shape index (κ2) is 7.55. The molecule has 0 aromatic heterocycles. The van der Waals surface area contributed by atoms with Crippen LogP contribution in [0.4, 0.5) is 10.5 Å². The van der Waals surface area contributed by atoms with Crippen LogP contribution >= 0.6 is 34.8 Å². The lowest BCUT2D eigenvalue weighted by molar-refractivity contribution is 0.252. The van der Waals surface area contributed by atoms with Gasteiger partial charge in [-0.15, -0.1) is 0 Å². The number of hydrogen-bond acceptors (Lipinski definition) is 1. The summed E-state index contributed by atoms with van der Waals surface area (Å²) in [6.45, 7) is 0.523. The number of nitrogens with one attached hydrogen (secondary N) is 2. The zero-order valence-corrected chi connectivity index (χ0v) is 13.3. The van der Waals surface area contributed by atoms with Crippen molar-refractivity contribution < 1.29 is 4.79 Å². The first-order valence-corrected chi connectivity index (χ1v) is 7.43. The average molecular weight is 344 g/mol. The smallest absolute Gasteiger partial charge is 0.319 e. The number of benzene rings is 2. The third kappa shape index (κ3) is 4.81. The van der Waals surface area contributed by atoms with Gasteiger partial charge in [0.15, 0.2) is 0 Å². The molecule has 0 spiro atoms. The van der Waals surface area contributed by atoms with Crippen molar-refractivity contribution in [1.82, 2.24) is 5.32 Å². The molecule has 0 aliphatic heterocycles. The number of carbonyl (C=O) groups is 1. The van der Waals surface area contributed by atoms with Gasteiger partial charge >= 0.3 is 6.03 Å². The van der Waals surface area contributed by atoms with Crippen LogP contribution in [0, 0.1) is 0 Å². The molecule has 0 heterocycles. The number of hydrogen-bond donors (Lipinski definition) is 2. The van der Waals surface area contributed by atoms with Crippen LogP contribution in [0.5, 0.6) is 0 Å². The summed E-state index contributed by atoms with van der Waals surface area (Å²) >= 11 is 17.7. The first-order valence-electron chi connectivity index (χ1n) is 6.29. The molecular weight excluding hydrogens is 331 g/mol. The molecule has 0 radical (unpaired) electrons. The molecular formula is C15H13Cl3N2O. The molecule has 0 aliphatic rings. The minimum absolute atomic E-state index is 0.334. The van der Waals surface area contributed by atoms with Gasteiger partial charge in [0.1, 0.15) is 0 Å². The largest absolute Gasteiger partial charge is 0.338 e. The average Bonchev–Trinajstić information content (AvgIpc) is 2.46. The normalized spacial score (nSPS) is 10.2. The number of amides is 2. The Morgan fingerprint density at radius 3 is 2.33 bits per heavy atom. The van der Waals surface area contributed by atoms with Crippen molar-refractivity contribution in [2.24, 2.45) is 0 Å². The van der Waals surface area contributed by atoms with E-state index in [0.29, 0.717) is 27.3 Å². The van der Waals surface area contributed by atoms with Crippen molar-refractivity contribution in [3.63, 3.8) is 0 Å². The molecule has 2 aromatic rings. The highest BCUT2D eigenvalue weighted by atomic mass is 35.5. The molecule has 0 aliphatic carbocycles. The van der Waals surface area contributed by atoms with Crippen molar-refractivity contribution >= 4 is 46.5 Å². The summed E-state index contributed by atoms with van der Waals surface area (Å²) in [5.41, 5.74) is 1.58. The Labute approximate surface area is 138 Å². The highest BCUT2D eigenvalue weighted by molar-refractivity contribution is 6.44. The van der Waals surface area contributed by atoms with Crippen LogP contribution in [-0.4, -0.2) is 12.6 Å². The van der Waals surface area contributed by atoms with Gasteiger partial charge in [-0.05, 0) is 24.1 Å². The van der Waals surface area contributed by atoms with Gasteiger partial charge in [0.25, 0.3) is 0 Å². The van der Waals surface area contributed by atoms with Crippen LogP contribution in [0.25, 0.3) is 0 Å². The lowest BCUT2D eigenvalue weighted by Gasteiger charge is -2.10. The summed E-state index contributed by atoms with van der Waals surface area (Å²) in [5.74, 6) is 0. The van der Waals surface area contributed by atoms with Gasteiger partial charge in [-0.25, -0.2) is 4.79 Å². The number of urea groups is 1. The Kier molecular flexibility index (Phi) is 5.74. The van der Waals surface area contributed by atoms with Crippen molar-refractivity contribution in [3.05, 3.63) is 63.1 Å². The molecule has 0 atom stereocenters. The molecule has 0 fully saturated rings. The van der Waals surface area contributed by atoms with E-state index in [4.69, 9.17) is 34.8 Å². The molecule has 2 rings (SSSR count). The summed E-state index contributed by atoms with van der Waals surface area (Å²) in [5, 5.41) is 6.41. The van der Waals surface area contributed by atoms with Crippen molar-refractivity contribution in [2.45, 2.75) is 6.42 Å². The van der Waals surface area contributed by atoms with Crippen LogP contribution in [0.3, 0.4) is 0 Å². The van der Waals surface area contributed by atoms with Gasteiger partial charge in [0.05, 0.1) is 20.8 Å². The summed E-state index contributed by atoms with van der Waals surface area (Å²) in [6, 6.07) is 12.6. The molecule has 110 valence electrons. The van der Waals surface area contributed by atoms with Crippen molar-refractivity contribution in [2.75, 3.05) is 11.9 Å². The van der Waals surface area contributed by atoms with Gasteiger partial charge in [-0.1, -0.05) is 65.1 Å². The van der Waals surface area contributed by atoms with E-state index >= 15 is 0 Å². The first kappa shape index (κ1) is 16.0. The highest BCUT2D eigenvalue weighted by Crippen LogP contribution is 2.32. The number of halogens is 3. The Bertz CT molecular complexity index is 632. The maximum Gasteiger partial charge on any atom is 0.319 e. The number of rotatable bonds is 4. The van der Waals surface area contributed by atoms with Gasteiger partial charge < -0.3 is 10.6 Å². The van der Waals surface area contributed by atoms with E-state index in [9.17, 15) is 4.79 Å². The zero-order chi connectivity index (χ0) is 15.2. The van der Waals surface area contributed by atoms with E-state index in [1.807, 2.05) is 30.3 Å². The van der Waals surface area contributed by atoms with E-state index < -0.39 is 0 Å². The SMILES string of the molecule is O=C(NCCc1ccccc1)Nc1cc(Cl)c(Cl)cc1Cl. The topological polar surface area (TPSA) is 41.1 Å². The lowest BCUT2D eigenvalue weighted by Crippen LogP contribution is -2.30. The fourth-order valence-electron chi connectivity index (χ4n) is 1.75. The summed E-state index contributed by atoms with van der Waals surface area (Å²) in [6.07, 6.45) is 0.753. The number of carbonyl (C=O) groups excluding carboxylic acids is 1. The third-order valence-corrected chi connectivity index (χ3v) is 3.84.